The first-order valence-corrected chi connectivity index (χ1v) is 6.86. The molecule has 0 spiro atoms. The summed E-state index contributed by atoms with van der Waals surface area (Å²) in [5.74, 6) is -0.424. The summed E-state index contributed by atoms with van der Waals surface area (Å²) < 4.78 is 13.8. The van der Waals surface area contributed by atoms with Gasteiger partial charge >= 0.3 is 0 Å². The highest BCUT2D eigenvalue weighted by Crippen LogP contribution is 2.19. The summed E-state index contributed by atoms with van der Waals surface area (Å²) in [6.45, 7) is 5.81. The van der Waals surface area contributed by atoms with Gasteiger partial charge in [0.1, 0.15) is 5.82 Å². The molecule has 0 aliphatic rings. The van der Waals surface area contributed by atoms with E-state index in [2.05, 4.69) is 6.92 Å². The molecule has 0 aromatic heterocycles. The van der Waals surface area contributed by atoms with Crippen LogP contribution in [-0.2, 0) is 0 Å². The van der Waals surface area contributed by atoms with Gasteiger partial charge in [-0.25, -0.2) is 4.39 Å². The normalized spacial score (nSPS) is 10.7. The average Bonchev–Trinajstić information content (AvgIpc) is 2.27. The van der Waals surface area contributed by atoms with Crippen LogP contribution < -0.4 is 0 Å². The van der Waals surface area contributed by atoms with Gasteiger partial charge in [0, 0.05) is 6.42 Å². The summed E-state index contributed by atoms with van der Waals surface area (Å²) in [6, 6.07) is 3.31. The lowest BCUT2D eigenvalue weighted by Gasteiger charge is -2.08. The van der Waals surface area contributed by atoms with Gasteiger partial charge < -0.3 is 0 Å². The number of unbranched alkanes of at least 4 members (excludes halogenated alkanes) is 4. The topological polar surface area (TPSA) is 17.1 Å². The fourth-order valence-corrected chi connectivity index (χ4v) is 2.28. The van der Waals surface area contributed by atoms with Crippen LogP contribution in [0, 0.1) is 19.7 Å². The highest BCUT2D eigenvalue weighted by Gasteiger charge is 2.14. The average molecular weight is 250 g/mol. The van der Waals surface area contributed by atoms with E-state index in [0.29, 0.717) is 6.42 Å². The molecule has 18 heavy (non-hydrogen) atoms. The lowest BCUT2D eigenvalue weighted by atomic mass is 9.98. The monoisotopic (exact) mass is 250 g/mol. The summed E-state index contributed by atoms with van der Waals surface area (Å²) >= 11 is 0. The number of rotatable bonds is 7. The third-order valence-electron chi connectivity index (χ3n) is 3.22. The Morgan fingerprint density at radius 2 is 1.78 bits per heavy atom. The van der Waals surface area contributed by atoms with E-state index in [1.54, 1.807) is 6.92 Å². The minimum Gasteiger partial charge on any atom is -0.294 e. The van der Waals surface area contributed by atoms with Crippen LogP contribution in [0.15, 0.2) is 12.1 Å². The number of hydrogen-bond acceptors (Lipinski definition) is 1. The molecule has 0 heterocycles. The zero-order valence-corrected chi connectivity index (χ0v) is 11.7. The van der Waals surface area contributed by atoms with Crippen molar-refractivity contribution in [3.8, 4) is 0 Å². The molecule has 0 saturated heterocycles. The van der Waals surface area contributed by atoms with E-state index >= 15 is 0 Å². The van der Waals surface area contributed by atoms with Crippen LogP contribution in [0.2, 0.25) is 0 Å². The van der Waals surface area contributed by atoms with Gasteiger partial charge in [-0.3, -0.25) is 4.79 Å². The minimum absolute atomic E-state index is 0.0542. The zero-order chi connectivity index (χ0) is 13.5. The Labute approximate surface area is 109 Å². The summed E-state index contributed by atoms with van der Waals surface area (Å²) in [6.07, 6.45) is 5.97. The third-order valence-corrected chi connectivity index (χ3v) is 3.22. The predicted molar refractivity (Wildman–Crippen MR) is 73.6 cm³/mol. The Balaban J connectivity index is 2.57. The molecule has 0 fully saturated rings. The summed E-state index contributed by atoms with van der Waals surface area (Å²) in [5.41, 5.74) is 1.91. The van der Waals surface area contributed by atoms with Crippen molar-refractivity contribution in [2.75, 3.05) is 0 Å². The Bertz CT molecular complexity index is 387. The molecule has 0 aliphatic carbocycles. The molecule has 2 heteroatoms. The standard InChI is InChI=1S/C16H23FO/c1-4-5-6-7-8-9-15(18)16-13(3)10-12(2)11-14(16)17/h10-11H,4-9H2,1-3H3. The van der Waals surface area contributed by atoms with E-state index in [1.807, 2.05) is 13.0 Å². The van der Waals surface area contributed by atoms with Gasteiger partial charge in [-0.15, -0.1) is 0 Å². The van der Waals surface area contributed by atoms with Gasteiger partial charge in [-0.1, -0.05) is 38.7 Å². The van der Waals surface area contributed by atoms with Crippen LogP contribution in [0.3, 0.4) is 0 Å². The van der Waals surface area contributed by atoms with Crippen molar-refractivity contribution in [3.63, 3.8) is 0 Å². The van der Waals surface area contributed by atoms with Gasteiger partial charge in [0.15, 0.2) is 5.78 Å². The summed E-state index contributed by atoms with van der Waals surface area (Å²) in [7, 11) is 0. The second kappa shape index (κ2) is 7.30. The number of benzene rings is 1. The van der Waals surface area contributed by atoms with Crippen LogP contribution in [0.25, 0.3) is 0 Å². The largest absolute Gasteiger partial charge is 0.294 e. The van der Waals surface area contributed by atoms with Crippen LogP contribution in [0.4, 0.5) is 4.39 Å². The molecule has 1 aromatic rings. The molecule has 0 aliphatic heterocycles. The van der Waals surface area contributed by atoms with Gasteiger partial charge in [0.2, 0.25) is 0 Å². The van der Waals surface area contributed by atoms with Crippen molar-refractivity contribution in [2.45, 2.75) is 59.3 Å². The van der Waals surface area contributed by atoms with Crippen LogP contribution in [-0.4, -0.2) is 5.78 Å². The molecular weight excluding hydrogens is 227 g/mol. The van der Waals surface area contributed by atoms with Gasteiger partial charge in [-0.2, -0.15) is 0 Å². The number of ketones is 1. The molecule has 0 amide bonds. The van der Waals surface area contributed by atoms with Crippen molar-refractivity contribution < 1.29 is 9.18 Å². The van der Waals surface area contributed by atoms with Crippen LogP contribution in [0.1, 0.15) is 66.9 Å². The molecule has 0 atom stereocenters. The fourth-order valence-electron chi connectivity index (χ4n) is 2.28. The highest BCUT2D eigenvalue weighted by atomic mass is 19.1. The predicted octanol–water partition coefficient (Wildman–Crippen LogP) is 4.99. The molecule has 1 aromatic carbocycles. The maximum atomic E-state index is 13.8. The Morgan fingerprint density at radius 1 is 1.11 bits per heavy atom. The molecule has 1 nitrogen and oxygen atoms in total. The van der Waals surface area contributed by atoms with Gasteiger partial charge in [0.05, 0.1) is 5.56 Å². The fraction of sp³-hybridized carbons (Fsp3) is 0.562. The number of carbonyl (C=O) groups is 1. The quantitative estimate of drug-likeness (QED) is 0.492. The smallest absolute Gasteiger partial charge is 0.166 e. The molecular formula is C16H23FO. The van der Waals surface area contributed by atoms with E-state index < -0.39 is 0 Å². The van der Waals surface area contributed by atoms with Crippen molar-refractivity contribution in [2.24, 2.45) is 0 Å². The molecule has 0 bridgehead atoms. The second-order valence-corrected chi connectivity index (χ2v) is 5.03. The molecule has 100 valence electrons. The lowest BCUT2D eigenvalue weighted by molar-refractivity contribution is 0.0974. The molecule has 0 N–H and O–H groups in total. The van der Waals surface area contributed by atoms with E-state index in [0.717, 1.165) is 24.0 Å². The number of hydrogen-bond donors (Lipinski definition) is 0. The van der Waals surface area contributed by atoms with Crippen molar-refractivity contribution >= 4 is 5.78 Å². The van der Waals surface area contributed by atoms with Crippen LogP contribution in [0.5, 0.6) is 0 Å². The number of aryl methyl sites for hydroxylation is 2. The van der Waals surface area contributed by atoms with E-state index in [4.69, 9.17) is 0 Å². The van der Waals surface area contributed by atoms with E-state index in [9.17, 15) is 9.18 Å². The summed E-state index contributed by atoms with van der Waals surface area (Å²) in [5, 5.41) is 0. The molecule has 0 radical (unpaired) electrons. The second-order valence-electron chi connectivity index (χ2n) is 5.03. The maximum Gasteiger partial charge on any atom is 0.166 e. The Kier molecular flexibility index (Phi) is 6.03. The van der Waals surface area contributed by atoms with E-state index in [-0.39, 0.29) is 17.2 Å². The first-order chi connectivity index (χ1) is 8.56. The zero-order valence-electron chi connectivity index (χ0n) is 11.7. The molecule has 1 rings (SSSR count). The Hall–Kier alpha value is -1.18. The minimum atomic E-state index is -0.369. The van der Waals surface area contributed by atoms with Crippen molar-refractivity contribution in [1.29, 1.82) is 0 Å². The molecule has 0 unspecified atom stereocenters. The lowest BCUT2D eigenvalue weighted by Crippen LogP contribution is -2.05. The van der Waals surface area contributed by atoms with Crippen LogP contribution >= 0.6 is 0 Å². The highest BCUT2D eigenvalue weighted by molar-refractivity contribution is 5.97. The SMILES string of the molecule is CCCCCCCC(=O)c1c(C)cc(C)cc1F. The van der Waals surface area contributed by atoms with Crippen molar-refractivity contribution in [1.82, 2.24) is 0 Å². The van der Waals surface area contributed by atoms with Gasteiger partial charge in [0.25, 0.3) is 0 Å². The van der Waals surface area contributed by atoms with Gasteiger partial charge in [-0.05, 0) is 37.5 Å². The Morgan fingerprint density at radius 3 is 2.39 bits per heavy atom. The first-order valence-electron chi connectivity index (χ1n) is 6.86. The summed E-state index contributed by atoms with van der Waals surface area (Å²) in [4.78, 5) is 12.0. The number of Topliss-reactive ketones (excluding diaryl/α,β-unsaturated/α-hetero) is 1. The maximum absolute atomic E-state index is 13.8. The third kappa shape index (κ3) is 4.25. The number of halogens is 1. The molecule has 0 saturated carbocycles. The van der Waals surface area contributed by atoms with E-state index in [1.165, 1.54) is 25.3 Å². The number of carbonyl (C=O) groups excluding carboxylic acids is 1. The first kappa shape index (κ1) is 14.9. The van der Waals surface area contributed by atoms with Crippen molar-refractivity contribution in [3.05, 3.63) is 34.6 Å².